The van der Waals surface area contributed by atoms with E-state index in [1.54, 1.807) is 32.4 Å². The van der Waals surface area contributed by atoms with Crippen molar-refractivity contribution in [1.82, 2.24) is 0 Å². The lowest BCUT2D eigenvalue weighted by Gasteiger charge is -2.06. The van der Waals surface area contributed by atoms with Crippen molar-refractivity contribution in [3.63, 3.8) is 0 Å². The molecule has 0 aliphatic heterocycles. The zero-order valence-corrected chi connectivity index (χ0v) is 7.13. The largest absolute Gasteiger partial charge is 0.493 e. The first-order valence-electron chi connectivity index (χ1n) is 3.54. The molecule has 0 atom stereocenters. The van der Waals surface area contributed by atoms with Crippen molar-refractivity contribution in [2.24, 2.45) is 0 Å². The van der Waals surface area contributed by atoms with Crippen molar-refractivity contribution in [3.05, 3.63) is 23.8 Å². The van der Waals surface area contributed by atoms with Gasteiger partial charge in [-0.05, 0) is 23.8 Å². The minimum Gasteiger partial charge on any atom is -0.493 e. The second kappa shape index (κ2) is 3.76. The molecule has 1 aromatic rings. The van der Waals surface area contributed by atoms with Gasteiger partial charge in [-0.2, -0.15) is 0 Å². The average Bonchev–Trinajstić information content (AvgIpc) is 2.16. The normalized spacial score (nSPS) is 9.17. The highest BCUT2D eigenvalue weighted by atomic mass is 16.5. The number of rotatable bonds is 3. The number of ether oxygens (including phenoxy) is 2. The molecule has 0 saturated heterocycles. The van der Waals surface area contributed by atoms with Crippen LogP contribution in [-0.4, -0.2) is 20.4 Å². The molecule has 0 spiro atoms. The topological polar surface area (TPSA) is 42.3 Å². The lowest BCUT2D eigenvalue weighted by molar-refractivity contribution is 0.355. The van der Waals surface area contributed by atoms with E-state index in [2.05, 4.69) is 0 Å². The van der Waals surface area contributed by atoms with E-state index in [9.17, 15) is 0 Å². The van der Waals surface area contributed by atoms with E-state index in [0.29, 0.717) is 11.5 Å². The van der Waals surface area contributed by atoms with Crippen LogP contribution >= 0.6 is 0 Å². The van der Waals surface area contributed by atoms with Gasteiger partial charge in [0.2, 0.25) is 0 Å². The molecule has 0 amide bonds. The Balaban J connectivity index is 3.10. The van der Waals surface area contributed by atoms with Crippen molar-refractivity contribution in [3.8, 4) is 11.5 Å². The third-order valence-electron chi connectivity index (χ3n) is 1.57. The summed E-state index contributed by atoms with van der Waals surface area (Å²) in [5.41, 5.74) is 0.799. The summed E-state index contributed by atoms with van der Waals surface area (Å²) in [6, 6.07) is 5.33. The zero-order chi connectivity index (χ0) is 8.97. The Labute approximate surface area is 71.4 Å². The van der Waals surface area contributed by atoms with Crippen LogP contribution < -0.4 is 9.47 Å². The van der Waals surface area contributed by atoms with Gasteiger partial charge >= 0.3 is 0 Å². The summed E-state index contributed by atoms with van der Waals surface area (Å²) in [6.45, 7) is 0. The van der Waals surface area contributed by atoms with E-state index < -0.39 is 0 Å². The van der Waals surface area contributed by atoms with Crippen molar-refractivity contribution >= 4 is 6.21 Å². The molecule has 64 valence electrons. The molecule has 0 aliphatic carbocycles. The van der Waals surface area contributed by atoms with Crippen molar-refractivity contribution < 1.29 is 9.47 Å². The highest BCUT2D eigenvalue weighted by Crippen LogP contribution is 2.26. The quantitative estimate of drug-likeness (QED) is 0.692. The summed E-state index contributed by atoms with van der Waals surface area (Å²) in [5.74, 6) is 1.33. The number of benzene rings is 1. The van der Waals surface area contributed by atoms with Crippen LogP contribution in [0.2, 0.25) is 0 Å². The second-order valence-electron chi connectivity index (χ2n) is 2.26. The molecule has 1 N–H and O–H groups in total. The Morgan fingerprint density at radius 1 is 1.17 bits per heavy atom. The Kier molecular flexibility index (Phi) is 2.69. The lowest BCUT2D eigenvalue weighted by Crippen LogP contribution is -1.91. The van der Waals surface area contributed by atoms with Crippen molar-refractivity contribution in [1.29, 1.82) is 5.41 Å². The van der Waals surface area contributed by atoms with E-state index in [0.717, 1.165) is 5.56 Å². The summed E-state index contributed by atoms with van der Waals surface area (Å²) in [4.78, 5) is 0. The van der Waals surface area contributed by atoms with Crippen LogP contribution in [-0.2, 0) is 0 Å². The van der Waals surface area contributed by atoms with Gasteiger partial charge in [0.1, 0.15) is 0 Å². The van der Waals surface area contributed by atoms with Gasteiger partial charge in [-0.1, -0.05) is 0 Å². The molecule has 1 aromatic carbocycles. The van der Waals surface area contributed by atoms with Gasteiger partial charge in [-0.25, -0.2) is 0 Å². The first-order chi connectivity index (χ1) is 5.81. The van der Waals surface area contributed by atoms with Gasteiger partial charge in [0.15, 0.2) is 11.5 Å². The lowest BCUT2D eigenvalue weighted by atomic mass is 10.2. The molecule has 12 heavy (non-hydrogen) atoms. The number of hydrogen-bond acceptors (Lipinski definition) is 3. The fourth-order valence-electron chi connectivity index (χ4n) is 0.943. The van der Waals surface area contributed by atoms with Crippen molar-refractivity contribution in [2.75, 3.05) is 14.2 Å². The summed E-state index contributed by atoms with van der Waals surface area (Å²) >= 11 is 0. The molecule has 0 heterocycles. The molecule has 0 radical (unpaired) electrons. The molecule has 1 rings (SSSR count). The van der Waals surface area contributed by atoms with E-state index in [1.807, 2.05) is 0 Å². The van der Waals surface area contributed by atoms with E-state index >= 15 is 0 Å². The molecular weight excluding hydrogens is 154 g/mol. The van der Waals surface area contributed by atoms with E-state index in [1.165, 1.54) is 6.21 Å². The summed E-state index contributed by atoms with van der Waals surface area (Å²) in [7, 11) is 3.16. The molecule has 0 aliphatic rings. The van der Waals surface area contributed by atoms with Gasteiger partial charge in [0.25, 0.3) is 0 Å². The minimum absolute atomic E-state index is 0.651. The second-order valence-corrected chi connectivity index (χ2v) is 2.26. The van der Waals surface area contributed by atoms with Gasteiger partial charge in [-0.15, -0.1) is 0 Å². The standard InChI is InChI=1S/C9H11NO2/c1-11-8-4-3-7(6-10)5-9(8)12-2/h3-6,10H,1-2H3. The van der Waals surface area contributed by atoms with Gasteiger partial charge in [0, 0.05) is 6.21 Å². The number of methoxy groups -OCH3 is 2. The predicted octanol–water partition coefficient (Wildman–Crippen LogP) is 1.70. The maximum atomic E-state index is 7.02. The van der Waals surface area contributed by atoms with Gasteiger partial charge in [-0.3, -0.25) is 0 Å². The van der Waals surface area contributed by atoms with E-state index in [4.69, 9.17) is 14.9 Å². The van der Waals surface area contributed by atoms with E-state index in [-0.39, 0.29) is 0 Å². The molecule has 3 heteroatoms. The van der Waals surface area contributed by atoms with Crippen LogP contribution in [0.15, 0.2) is 18.2 Å². The zero-order valence-electron chi connectivity index (χ0n) is 7.13. The van der Waals surface area contributed by atoms with Gasteiger partial charge in [0.05, 0.1) is 14.2 Å². The maximum absolute atomic E-state index is 7.02. The van der Waals surface area contributed by atoms with Crippen LogP contribution in [0.25, 0.3) is 0 Å². The smallest absolute Gasteiger partial charge is 0.161 e. The van der Waals surface area contributed by atoms with Gasteiger partial charge < -0.3 is 14.9 Å². The number of nitrogens with one attached hydrogen (secondary N) is 1. The SMILES string of the molecule is COc1ccc(C=N)cc1OC. The molecule has 3 nitrogen and oxygen atoms in total. The summed E-state index contributed by atoms with van der Waals surface area (Å²) < 4.78 is 10.1. The Morgan fingerprint density at radius 3 is 2.33 bits per heavy atom. The summed E-state index contributed by atoms with van der Waals surface area (Å²) in [6.07, 6.45) is 1.27. The average molecular weight is 165 g/mol. The minimum atomic E-state index is 0.651. The molecule has 0 bridgehead atoms. The third-order valence-corrected chi connectivity index (χ3v) is 1.57. The molecule has 0 saturated carbocycles. The Morgan fingerprint density at radius 2 is 1.83 bits per heavy atom. The van der Waals surface area contributed by atoms with Crippen LogP contribution in [0.4, 0.5) is 0 Å². The molecule has 0 aromatic heterocycles. The van der Waals surface area contributed by atoms with Crippen LogP contribution in [0.3, 0.4) is 0 Å². The maximum Gasteiger partial charge on any atom is 0.161 e. The third kappa shape index (κ3) is 1.56. The first kappa shape index (κ1) is 8.59. The Bertz CT molecular complexity index is 284. The highest BCUT2D eigenvalue weighted by Gasteiger charge is 2.01. The molecular formula is C9H11NO2. The summed E-state index contributed by atoms with van der Waals surface area (Å²) in [5, 5.41) is 7.02. The van der Waals surface area contributed by atoms with Crippen LogP contribution in [0.5, 0.6) is 11.5 Å². The number of hydrogen-bond donors (Lipinski definition) is 1. The fraction of sp³-hybridized carbons (Fsp3) is 0.222. The first-order valence-corrected chi connectivity index (χ1v) is 3.54. The highest BCUT2D eigenvalue weighted by molar-refractivity contribution is 5.78. The van der Waals surface area contributed by atoms with Crippen LogP contribution in [0.1, 0.15) is 5.56 Å². The Hall–Kier alpha value is -1.51. The van der Waals surface area contributed by atoms with Crippen molar-refractivity contribution in [2.45, 2.75) is 0 Å². The molecule has 0 fully saturated rings. The van der Waals surface area contributed by atoms with Crippen LogP contribution in [0, 0.1) is 5.41 Å². The molecule has 0 unspecified atom stereocenters. The monoisotopic (exact) mass is 165 g/mol. The predicted molar refractivity (Wildman–Crippen MR) is 47.4 cm³/mol. The fourth-order valence-corrected chi connectivity index (χ4v) is 0.943.